The minimum absolute atomic E-state index is 0.242. The van der Waals surface area contributed by atoms with Gasteiger partial charge in [0, 0.05) is 82.4 Å². The molecule has 3 aliphatic rings. The molecule has 376 valence electrons. The van der Waals surface area contributed by atoms with E-state index in [1.54, 1.807) is 0 Å². The van der Waals surface area contributed by atoms with Crippen LogP contribution in [0.25, 0.3) is 116 Å². The highest BCUT2D eigenvalue weighted by Crippen LogP contribution is 2.64. The first-order valence-electron chi connectivity index (χ1n) is 27.8. The van der Waals surface area contributed by atoms with Crippen LogP contribution in [0.1, 0.15) is 74.9 Å². The monoisotopic (exact) mass is 1010 g/mol. The van der Waals surface area contributed by atoms with Crippen LogP contribution in [0.3, 0.4) is 0 Å². The van der Waals surface area contributed by atoms with E-state index in [1.165, 1.54) is 99.2 Å². The van der Waals surface area contributed by atoms with E-state index in [4.69, 9.17) is 8.83 Å². The van der Waals surface area contributed by atoms with Crippen LogP contribution in [0.2, 0.25) is 0 Å². The van der Waals surface area contributed by atoms with Crippen molar-refractivity contribution in [3.05, 3.63) is 252 Å². The summed E-state index contributed by atoms with van der Waals surface area (Å²) in [6.45, 7) is 14.6. The van der Waals surface area contributed by atoms with Crippen LogP contribution in [0.15, 0.2) is 227 Å². The summed E-state index contributed by atoms with van der Waals surface area (Å²) in [6, 6.07) is 80.6. The van der Waals surface area contributed by atoms with Gasteiger partial charge in [-0.15, -0.1) is 0 Å². The number of para-hydroxylation sites is 4. The molecule has 0 atom stereocenters. The summed E-state index contributed by atoms with van der Waals surface area (Å²) in [7, 11) is 0. The van der Waals surface area contributed by atoms with Gasteiger partial charge in [0.05, 0.1) is 11.0 Å². The van der Waals surface area contributed by atoms with Crippen molar-refractivity contribution in [1.29, 1.82) is 0 Å². The molecule has 17 rings (SSSR count). The maximum absolute atomic E-state index is 7.13. The highest BCUT2D eigenvalue weighted by atomic mass is 16.3. The third kappa shape index (κ3) is 5.78. The third-order valence-electron chi connectivity index (χ3n) is 18.7. The molecule has 0 amide bonds. The van der Waals surface area contributed by atoms with Crippen molar-refractivity contribution < 1.29 is 8.83 Å². The zero-order chi connectivity index (χ0) is 52.8. The lowest BCUT2D eigenvalue weighted by atomic mass is 9.72. The molecule has 0 spiro atoms. The van der Waals surface area contributed by atoms with Crippen LogP contribution >= 0.6 is 0 Å². The lowest BCUT2D eigenvalue weighted by Crippen LogP contribution is -2.24. The van der Waals surface area contributed by atoms with Gasteiger partial charge in [0.25, 0.3) is 0 Å². The number of rotatable bonds is 5. The van der Waals surface area contributed by atoms with E-state index in [9.17, 15) is 0 Å². The molecule has 0 saturated heterocycles. The van der Waals surface area contributed by atoms with Crippen LogP contribution in [0.4, 0.5) is 17.1 Å². The lowest BCUT2D eigenvalue weighted by molar-refractivity contribution is 0.600. The van der Waals surface area contributed by atoms with Gasteiger partial charge in [-0.05, 0) is 140 Å². The van der Waals surface area contributed by atoms with E-state index in [0.29, 0.717) is 0 Å². The van der Waals surface area contributed by atoms with E-state index in [2.05, 4.69) is 269 Å². The molecule has 0 saturated carbocycles. The Bertz CT molecular complexity index is 4980. The van der Waals surface area contributed by atoms with Gasteiger partial charge in [-0.1, -0.05) is 187 Å². The average molecular weight is 1020 g/mol. The highest BCUT2D eigenvalue weighted by Gasteiger charge is 2.49. The van der Waals surface area contributed by atoms with Gasteiger partial charge in [0.2, 0.25) is 0 Å². The zero-order valence-electron chi connectivity index (χ0n) is 45.0. The molecule has 0 fully saturated rings. The molecule has 0 unspecified atom stereocenters. The van der Waals surface area contributed by atoms with Crippen LogP contribution in [-0.4, -0.2) is 4.57 Å². The molecule has 4 nitrogen and oxygen atoms in total. The second-order valence-electron chi connectivity index (χ2n) is 23.9. The summed E-state index contributed by atoms with van der Waals surface area (Å²) in [5.41, 5.74) is 27.4. The van der Waals surface area contributed by atoms with Crippen molar-refractivity contribution in [3.63, 3.8) is 0 Å². The molecule has 79 heavy (non-hydrogen) atoms. The maximum Gasteiger partial charge on any atom is 0.144 e. The molecule has 0 radical (unpaired) electrons. The minimum Gasteiger partial charge on any atom is -0.455 e. The number of nitrogens with zero attached hydrogens (tertiary/aromatic N) is 2. The molecule has 0 aliphatic heterocycles. The summed E-state index contributed by atoms with van der Waals surface area (Å²) < 4.78 is 16.4. The molecular weight excluding hydrogens is 961 g/mol. The summed E-state index contributed by atoms with van der Waals surface area (Å²) in [5, 5.41) is 7.16. The number of hydrogen-bond donors (Lipinski definition) is 0. The van der Waals surface area contributed by atoms with E-state index in [1.807, 2.05) is 0 Å². The molecule has 11 aromatic carbocycles. The first kappa shape index (κ1) is 44.7. The number of hydrogen-bond acceptors (Lipinski definition) is 3. The smallest absolute Gasteiger partial charge is 0.144 e. The second kappa shape index (κ2) is 15.4. The van der Waals surface area contributed by atoms with Gasteiger partial charge < -0.3 is 18.3 Å². The standard InChI is InChI=1S/C75H54N2O2/c1-73(2)57-39-45(34-37-51(57)64-59(73)42-55(43-21-9-7-10-22-43)71-66(64)53-27-15-19-31-62(53)78-71)76(47-33-36-49-48-25-14-18-30-60(48)77(61(49)41-47)44-23-11-8-12-24-44)46-35-38-52-58(40-46)75(5,6)70-68(52)72-67(54-28-16-20-32-63(54)79-72)65-50-26-13-17-29-56(50)74(3,4)69(65)70/h7-42H,1-6H3. The van der Waals surface area contributed by atoms with Crippen LogP contribution in [-0.2, 0) is 16.2 Å². The van der Waals surface area contributed by atoms with Crippen molar-refractivity contribution in [2.24, 2.45) is 0 Å². The van der Waals surface area contributed by atoms with Crippen molar-refractivity contribution in [3.8, 4) is 50.2 Å². The Morgan fingerprint density at radius 1 is 0.342 bits per heavy atom. The third-order valence-corrected chi connectivity index (χ3v) is 18.7. The highest BCUT2D eigenvalue weighted by molar-refractivity contribution is 6.22. The van der Waals surface area contributed by atoms with Crippen LogP contribution in [0.5, 0.6) is 0 Å². The molecule has 3 aromatic heterocycles. The van der Waals surface area contributed by atoms with E-state index >= 15 is 0 Å². The summed E-state index contributed by atoms with van der Waals surface area (Å²) in [6.07, 6.45) is 0. The number of benzene rings is 11. The summed E-state index contributed by atoms with van der Waals surface area (Å²) >= 11 is 0. The Balaban J connectivity index is 0.920. The molecule has 0 bridgehead atoms. The predicted octanol–water partition coefficient (Wildman–Crippen LogP) is 20.6. The largest absolute Gasteiger partial charge is 0.455 e. The minimum atomic E-state index is -0.386. The number of anilines is 3. The van der Waals surface area contributed by atoms with Crippen molar-refractivity contribution in [2.75, 3.05) is 4.90 Å². The first-order valence-corrected chi connectivity index (χ1v) is 27.8. The average Bonchev–Trinajstić information content (AvgIpc) is 3.34. The molecular formula is C75H54N2O2. The SMILES string of the molecule is CC1(C)c2cc(N(c3ccc4c(c3)C(C)(C)c3c5c(c6c(oc7ccccc76)c3-4)-c3ccccc3C5(C)C)c3ccc4c5ccccc5n(-c5ccccc5)c4c3)ccc2-c2c1cc(-c1ccccc1)c1oc3ccccc3c21. The van der Waals surface area contributed by atoms with Crippen LogP contribution < -0.4 is 4.90 Å². The summed E-state index contributed by atoms with van der Waals surface area (Å²) in [4.78, 5) is 2.52. The fraction of sp³-hybridized carbons (Fsp3) is 0.120. The quantitative estimate of drug-likeness (QED) is 0.172. The van der Waals surface area contributed by atoms with Gasteiger partial charge in [-0.2, -0.15) is 0 Å². The van der Waals surface area contributed by atoms with E-state index < -0.39 is 0 Å². The number of aromatic nitrogens is 1. The van der Waals surface area contributed by atoms with Crippen LogP contribution in [0, 0.1) is 0 Å². The molecule has 0 N–H and O–H groups in total. The Hall–Kier alpha value is -9.38. The van der Waals surface area contributed by atoms with Gasteiger partial charge in [-0.25, -0.2) is 0 Å². The summed E-state index contributed by atoms with van der Waals surface area (Å²) in [5.74, 6) is 0. The van der Waals surface area contributed by atoms with Crippen molar-refractivity contribution >= 4 is 82.7 Å². The Morgan fingerprint density at radius 3 is 1.57 bits per heavy atom. The lowest BCUT2D eigenvalue weighted by Gasteiger charge is -2.32. The van der Waals surface area contributed by atoms with E-state index in [0.717, 1.165) is 67.1 Å². The Labute approximate surface area is 458 Å². The molecule has 3 aliphatic carbocycles. The second-order valence-corrected chi connectivity index (χ2v) is 23.9. The fourth-order valence-corrected chi connectivity index (χ4v) is 15.1. The number of furan rings is 2. The fourth-order valence-electron chi connectivity index (χ4n) is 15.1. The maximum atomic E-state index is 7.13. The molecule has 14 aromatic rings. The van der Waals surface area contributed by atoms with Gasteiger partial charge >= 0.3 is 0 Å². The van der Waals surface area contributed by atoms with Gasteiger partial charge in [0.15, 0.2) is 0 Å². The zero-order valence-corrected chi connectivity index (χ0v) is 45.0. The topological polar surface area (TPSA) is 34.5 Å². The normalized spacial score (nSPS) is 15.0. The van der Waals surface area contributed by atoms with Crippen molar-refractivity contribution in [2.45, 2.75) is 57.8 Å². The first-order chi connectivity index (χ1) is 38.5. The van der Waals surface area contributed by atoms with E-state index in [-0.39, 0.29) is 16.2 Å². The Morgan fingerprint density at radius 2 is 0.848 bits per heavy atom. The molecule has 3 heterocycles. The molecule has 4 heteroatoms. The van der Waals surface area contributed by atoms with Gasteiger partial charge in [0.1, 0.15) is 22.3 Å². The number of fused-ring (bicyclic) bond motifs is 22. The Kier molecular flexibility index (Phi) is 8.73. The van der Waals surface area contributed by atoms with Gasteiger partial charge in [-0.3, -0.25) is 0 Å². The van der Waals surface area contributed by atoms with Crippen molar-refractivity contribution in [1.82, 2.24) is 4.57 Å². The predicted molar refractivity (Wildman–Crippen MR) is 328 cm³/mol.